The van der Waals surface area contributed by atoms with Crippen LogP contribution in [0.5, 0.6) is 0 Å². The van der Waals surface area contributed by atoms with E-state index in [1.807, 2.05) is 0 Å². The zero-order valence-corrected chi connectivity index (χ0v) is 17.5. The van der Waals surface area contributed by atoms with E-state index in [2.05, 4.69) is 10.5 Å². The molecule has 0 saturated carbocycles. The number of halogens is 6. The van der Waals surface area contributed by atoms with Crippen molar-refractivity contribution in [3.05, 3.63) is 82.9 Å². The lowest BCUT2D eigenvalue weighted by atomic mass is 10.1. The number of anilines is 1. The predicted octanol–water partition coefficient (Wildman–Crippen LogP) is 6.15. The monoisotopic (exact) mass is 495 g/mol. The van der Waals surface area contributed by atoms with E-state index < -0.39 is 29.4 Å². The van der Waals surface area contributed by atoms with Crippen LogP contribution in [0.1, 0.15) is 27.0 Å². The van der Waals surface area contributed by atoms with E-state index in [0.717, 1.165) is 24.3 Å². The zero-order chi connectivity index (χ0) is 25.4. The number of benzene rings is 2. The Bertz CT molecular complexity index is 1370. The summed E-state index contributed by atoms with van der Waals surface area (Å²) in [6.45, 7) is -0.250. The molecule has 0 bridgehead atoms. The van der Waals surface area contributed by atoms with Gasteiger partial charge in [-0.15, -0.1) is 0 Å². The Hall–Kier alpha value is -4.22. The number of hydrogen-bond acceptors (Lipinski definition) is 5. The molecule has 2 aromatic carbocycles. The lowest BCUT2D eigenvalue weighted by Crippen LogP contribution is -2.24. The fraction of sp³-hybridized carbons (Fsp3) is 0.130. The molecule has 0 aliphatic carbocycles. The highest BCUT2D eigenvalue weighted by atomic mass is 19.4. The van der Waals surface area contributed by atoms with Crippen LogP contribution in [0.25, 0.3) is 22.8 Å². The van der Waals surface area contributed by atoms with E-state index in [9.17, 15) is 31.1 Å². The Balaban J connectivity index is 1.56. The summed E-state index contributed by atoms with van der Waals surface area (Å²) < 4.78 is 88.2. The Morgan fingerprint density at radius 2 is 1.51 bits per heavy atom. The van der Waals surface area contributed by atoms with Crippen molar-refractivity contribution in [2.45, 2.75) is 18.9 Å². The minimum atomic E-state index is -4.54. The van der Waals surface area contributed by atoms with Crippen LogP contribution >= 0.6 is 0 Å². The van der Waals surface area contributed by atoms with Gasteiger partial charge in [-0.2, -0.15) is 26.3 Å². The van der Waals surface area contributed by atoms with Gasteiger partial charge in [0.25, 0.3) is 5.91 Å². The predicted molar refractivity (Wildman–Crippen MR) is 112 cm³/mol. The number of carbonyl (C=O) groups is 1. The summed E-state index contributed by atoms with van der Waals surface area (Å²) in [6.07, 6.45) is -9.08. The molecule has 0 spiro atoms. The molecule has 12 heteroatoms. The molecular weight excluding hydrogens is 480 g/mol. The van der Waals surface area contributed by atoms with Gasteiger partial charge >= 0.3 is 12.4 Å². The van der Waals surface area contributed by atoms with E-state index in [1.165, 1.54) is 36.4 Å². The smallest absolute Gasteiger partial charge is 0.416 e. The molecule has 35 heavy (non-hydrogen) atoms. The number of alkyl halides is 6. The first-order valence-corrected chi connectivity index (χ1v) is 9.91. The molecule has 0 fully saturated rings. The highest BCUT2D eigenvalue weighted by Crippen LogP contribution is 2.35. The number of amides is 1. The molecule has 0 saturated heterocycles. The van der Waals surface area contributed by atoms with Gasteiger partial charge in [-0.1, -0.05) is 29.4 Å². The molecule has 2 heterocycles. The van der Waals surface area contributed by atoms with E-state index in [1.54, 1.807) is 0 Å². The molecule has 0 radical (unpaired) electrons. The summed E-state index contributed by atoms with van der Waals surface area (Å²) in [7, 11) is 0. The van der Waals surface area contributed by atoms with Crippen LogP contribution < -0.4 is 11.1 Å². The van der Waals surface area contributed by atoms with E-state index in [-0.39, 0.29) is 46.3 Å². The van der Waals surface area contributed by atoms with Crippen molar-refractivity contribution in [1.29, 1.82) is 0 Å². The van der Waals surface area contributed by atoms with Gasteiger partial charge in [-0.05, 0) is 42.0 Å². The Morgan fingerprint density at radius 3 is 2.20 bits per heavy atom. The number of furan rings is 1. The number of nitrogens with zero attached hydrogens (tertiary/aromatic N) is 1. The molecule has 1 amide bonds. The van der Waals surface area contributed by atoms with Gasteiger partial charge in [-0.25, -0.2) is 0 Å². The zero-order valence-electron chi connectivity index (χ0n) is 17.5. The first kappa shape index (κ1) is 23.9. The summed E-state index contributed by atoms with van der Waals surface area (Å²) in [5, 5.41) is 6.13. The third-order valence-electron chi connectivity index (χ3n) is 4.97. The first-order valence-electron chi connectivity index (χ1n) is 9.91. The highest BCUT2D eigenvalue weighted by molar-refractivity contribution is 6.03. The van der Waals surface area contributed by atoms with Crippen molar-refractivity contribution >= 4 is 11.8 Å². The number of aromatic nitrogens is 1. The van der Waals surface area contributed by atoms with Crippen molar-refractivity contribution in [2.75, 3.05) is 5.73 Å². The normalized spacial score (nSPS) is 12.1. The standard InChI is InChI=1S/C23H15F6N3O3/c24-22(25,26)14-5-1-3-12(9-14)11-31-21(33)18-19(32-35-20(18)30)17-8-7-16(34-17)13-4-2-6-15(10-13)23(27,28)29/h1-10H,11,30H2,(H,31,33). The Morgan fingerprint density at radius 1 is 0.886 bits per heavy atom. The molecule has 4 aromatic rings. The average molecular weight is 495 g/mol. The number of rotatable bonds is 5. The quantitative estimate of drug-likeness (QED) is 0.324. The van der Waals surface area contributed by atoms with E-state index in [4.69, 9.17) is 14.7 Å². The number of hydrogen-bond donors (Lipinski definition) is 2. The number of nitrogen functional groups attached to an aromatic ring is 1. The second kappa shape index (κ2) is 8.85. The Labute approximate surface area is 193 Å². The largest absolute Gasteiger partial charge is 0.454 e. The van der Waals surface area contributed by atoms with Crippen molar-refractivity contribution in [3.8, 4) is 22.8 Å². The fourth-order valence-corrected chi connectivity index (χ4v) is 3.29. The third kappa shape index (κ3) is 5.15. The average Bonchev–Trinajstić information content (AvgIpc) is 3.43. The summed E-state index contributed by atoms with van der Waals surface area (Å²) in [6, 6.07) is 11.6. The maximum absolute atomic E-state index is 13.0. The minimum Gasteiger partial charge on any atom is -0.454 e. The van der Waals surface area contributed by atoms with Crippen LogP contribution in [0.4, 0.5) is 32.2 Å². The van der Waals surface area contributed by atoms with Crippen molar-refractivity contribution < 1.29 is 40.1 Å². The van der Waals surface area contributed by atoms with Gasteiger partial charge in [0, 0.05) is 12.1 Å². The molecule has 4 rings (SSSR count). The second-order valence-corrected chi connectivity index (χ2v) is 7.39. The highest BCUT2D eigenvalue weighted by Gasteiger charge is 2.32. The second-order valence-electron chi connectivity index (χ2n) is 7.39. The molecule has 0 atom stereocenters. The van der Waals surface area contributed by atoms with Gasteiger partial charge in [0.2, 0.25) is 5.88 Å². The van der Waals surface area contributed by atoms with Crippen LogP contribution in [-0.2, 0) is 18.9 Å². The van der Waals surface area contributed by atoms with Crippen LogP contribution in [0.3, 0.4) is 0 Å². The van der Waals surface area contributed by atoms with Crippen molar-refractivity contribution in [3.63, 3.8) is 0 Å². The number of nitrogens with two attached hydrogens (primary N) is 1. The summed E-state index contributed by atoms with van der Waals surface area (Å²) in [4.78, 5) is 12.7. The molecule has 6 nitrogen and oxygen atoms in total. The molecule has 0 unspecified atom stereocenters. The van der Waals surface area contributed by atoms with E-state index >= 15 is 0 Å². The lowest BCUT2D eigenvalue weighted by Gasteiger charge is -2.09. The van der Waals surface area contributed by atoms with Gasteiger partial charge < -0.3 is 20.0 Å². The Kier molecular flexibility index (Phi) is 6.05. The van der Waals surface area contributed by atoms with Crippen LogP contribution in [0.2, 0.25) is 0 Å². The lowest BCUT2D eigenvalue weighted by molar-refractivity contribution is -0.138. The molecule has 182 valence electrons. The van der Waals surface area contributed by atoms with Crippen LogP contribution in [0, 0.1) is 0 Å². The maximum atomic E-state index is 13.0. The molecular formula is C23H15F6N3O3. The summed E-state index contributed by atoms with van der Waals surface area (Å²) in [5.74, 6) is -1.11. The van der Waals surface area contributed by atoms with Crippen molar-refractivity contribution in [1.82, 2.24) is 10.5 Å². The molecule has 0 aliphatic heterocycles. The number of carbonyl (C=O) groups excluding carboxylic acids is 1. The summed E-state index contributed by atoms with van der Waals surface area (Å²) >= 11 is 0. The van der Waals surface area contributed by atoms with Crippen LogP contribution in [0.15, 0.2) is 69.6 Å². The van der Waals surface area contributed by atoms with Gasteiger partial charge in [0.1, 0.15) is 11.3 Å². The van der Waals surface area contributed by atoms with Crippen molar-refractivity contribution in [2.24, 2.45) is 0 Å². The van der Waals surface area contributed by atoms with E-state index in [0.29, 0.717) is 0 Å². The number of nitrogens with one attached hydrogen (secondary N) is 1. The van der Waals surface area contributed by atoms with Crippen LogP contribution in [-0.4, -0.2) is 11.1 Å². The molecule has 2 aromatic heterocycles. The maximum Gasteiger partial charge on any atom is 0.416 e. The minimum absolute atomic E-state index is 0.0120. The summed E-state index contributed by atoms with van der Waals surface area (Å²) in [5.41, 5.74) is 3.94. The van der Waals surface area contributed by atoms with Gasteiger partial charge in [0.15, 0.2) is 11.5 Å². The van der Waals surface area contributed by atoms with Gasteiger partial charge in [-0.3, -0.25) is 4.79 Å². The molecule has 0 aliphatic rings. The van der Waals surface area contributed by atoms with Gasteiger partial charge in [0.05, 0.1) is 11.1 Å². The fourth-order valence-electron chi connectivity index (χ4n) is 3.29. The first-order chi connectivity index (χ1) is 16.4. The topological polar surface area (TPSA) is 94.3 Å². The molecule has 3 N–H and O–H groups in total. The third-order valence-corrected chi connectivity index (χ3v) is 4.97. The SMILES string of the molecule is Nc1onc(-c2ccc(-c3cccc(C(F)(F)F)c3)o2)c1C(=O)NCc1cccc(C(F)(F)F)c1.